The highest BCUT2D eigenvalue weighted by atomic mass is 79.9. The summed E-state index contributed by atoms with van der Waals surface area (Å²) in [6.07, 6.45) is 0. The van der Waals surface area contributed by atoms with Crippen molar-refractivity contribution in [2.75, 3.05) is 5.32 Å². The Morgan fingerprint density at radius 2 is 2.00 bits per heavy atom. The lowest BCUT2D eigenvalue weighted by atomic mass is 10.2. The molecule has 0 aliphatic carbocycles. The summed E-state index contributed by atoms with van der Waals surface area (Å²) >= 11 is 4.97. The molecule has 5 heteroatoms. The van der Waals surface area contributed by atoms with Gasteiger partial charge in [-0.05, 0) is 24.6 Å². The second-order valence-electron chi connectivity index (χ2n) is 3.11. The summed E-state index contributed by atoms with van der Waals surface area (Å²) < 4.78 is 1.10. The minimum absolute atomic E-state index is 0.780. The SMILES string of the molecule is Cc1nnc(NCc2ccc(Br)cc2)s1. The van der Waals surface area contributed by atoms with Gasteiger partial charge in [0.1, 0.15) is 5.01 Å². The minimum Gasteiger partial charge on any atom is -0.356 e. The molecule has 2 rings (SSSR count). The maximum atomic E-state index is 4.00. The first-order valence-corrected chi connectivity index (χ1v) is 6.13. The van der Waals surface area contributed by atoms with Crippen LogP contribution >= 0.6 is 27.3 Å². The topological polar surface area (TPSA) is 37.8 Å². The summed E-state index contributed by atoms with van der Waals surface area (Å²) in [5.41, 5.74) is 1.23. The standard InChI is InChI=1S/C10H10BrN3S/c1-7-13-14-10(15-7)12-6-8-2-4-9(11)5-3-8/h2-5H,6H2,1H3,(H,12,14). The van der Waals surface area contributed by atoms with Crippen molar-refractivity contribution in [2.24, 2.45) is 0 Å². The third-order valence-electron chi connectivity index (χ3n) is 1.88. The summed E-state index contributed by atoms with van der Waals surface area (Å²) in [4.78, 5) is 0. The Labute approximate surface area is 101 Å². The summed E-state index contributed by atoms with van der Waals surface area (Å²) in [5.74, 6) is 0. The summed E-state index contributed by atoms with van der Waals surface area (Å²) in [5, 5.41) is 13.0. The van der Waals surface area contributed by atoms with Gasteiger partial charge in [-0.15, -0.1) is 10.2 Å². The van der Waals surface area contributed by atoms with E-state index in [1.807, 2.05) is 19.1 Å². The second-order valence-corrected chi connectivity index (χ2v) is 5.20. The second kappa shape index (κ2) is 4.72. The Morgan fingerprint density at radius 1 is 1.27 bits per heavy atom. The fraction of sp³-hybridized carbons (Fsp3) is 0.200. The van der Waals surface area contributed by atoms with Crippen molar-refractivity contribution >= 4 is 32.4 Å². The van der Waals surface area contributed by atoms with Crippen molar-refractivity contribution in [1.82, 2.24) is 10.2 Å². The first-order valence-electron chi connectivity index (χ1n) is 4.52. The van der Waals surface area contributed by atoms with Crippen molar-refractivity contribution in [3.8, 4) is 0 Å². The molecular weight excluding hydrogens is 274 g/mol. The van der Waals surface area contributed by atoms with Crippen molar-refractivity contribution in [3.63, 3.8) is 0 Å². The Kier molecular flexibility index (Phi) is 3.33. The summed E-state index contributed by atoms with van der Waals surface area (Å²) in [6.45, 7) is 2.73. The van der Waals surface area contributed by atoms with E-state index in [1.54, 1.807) is 11.3 Å². The number of aromatic nitrogens is 2. The molecule has 2 aromatic rings. The summed E-state index contributed by atoms with van der Waals surface area (Å²) in [7, 11) is 0. The van der Waals surface area contributed by atoms with Gasteiger partial charge in [-0.25, -0.2) is 0 Å². The van der Waals surface area contributed by atoms with Gasteiger partial charge in [-0.3, -0.25) is 0 Å². The Balaban J connectivity index is 1.96. The molecule has 0 radical (unpaired) electrons. The van der Waals surface area contributed by atoms with E-state index < -0.39 is 0 Å². The average Bonchev–Trinajstić information content (AvgIpc) is 2.64. The first kappa shape index (κ1) is 10.6. The zero-order valence-corrected chi connectivity index (χ0v) is 10.6. The molecule has 78 valence electrons. The lowest BCUT2D eigenvalue weighted by Crippen LogP contribution is -1.98. The van der Waals surface area contributed by atoms with Gasteiger partial charge in [-0.2, -0.15) is 0 Å². The maximum absolute atomic E-state index is 4.00. The van der Waals surface area contributed by atoms with Crippen LogP contribution in [0.25, 0.3) is 0 Å². The molecule has 1 aromatic heterocycles. The van der Waals surface area contributed by atoms with E-state index in [9.17, 15) is 0 Å². The number of benzene rings is 1. The highest BCUT2D eigenvalue weighted by Gasteiger charge is 1.99. The minimum atomic E-state index is 0.780. The highest BCUT2D eigenvalue weighted by Crippen LogP contribution is 2.16. The van der Waals surface area contributed by atoms with Gasteiger partial charge in [-0.1, -0.05) is 39.4 Å². The Hall–Kier alpha value is -0.940. The third-order valence-corrected chi connectivity index (χ3v) is 3.21. The molecule has 0 bridgehead atoms. The molecule has 0 amide bonds. The summed E-state index contributed by atoms with van der Waals surface area (Å²) in [6, 6.07) is 8.21. The van der Waals surface area contributed by atoms with Gasteiger partial charge >= 0.3 is 0 Å². The largest absolute Gasteiger partial charge is 0.356 e. The molecule has 0 atom stereocenters. The van der Waals surface area contributed by atoms with Crippen LogP contribution in [-0.4, -0.2) is 10.2 Å². The molecule has 3 nitrogen and oxygen atoms in total. The smallest absolute Gasteiger partial charge is 0.205 e. The Morgan fingerprint density at radius 3 is 2.60 bits per heavy atom. The van der Waals surface area contributed by atoms with E-state index in [1.165, 1.54) is 5.56 Å². The molecule has 0 aliphatic heterocycles. The zero-order valence-electron chi connectivity index (χ0n) is 8.20. The number of halogens is 1. The van der Waals surface area contributed by atoms with Crippen LogP contribution < -0.4 is 5.32 Å². The molecule has 0 spiro atoms. The first-order chi connectivity index (χ1) is 7.24. The number of nitrogens with zero attached hydrogens (tertiary/aromatic N) is 2. The lowest BCUT2D eigenvalue weighted by Gasteiger charge is -2.01. The van der Waals surface area contributed by atoms with Crippen molar-refractivity contribution in [2.45, 2.75) is 13.5 Å². The molecule has 1 N–H and O–H groups in total. The van der Waals surface area contributed by atoms with E-state index >= 15 is 0 Å². The number of nitrogens with one attached hydrogen (secondary N) is 1. The predicted molar refractivity (Wildman–Crippen MR) is 66.1 cm³/mol. The van der Waals surface area contributed by atoms with Gasteiger partial charge in [0.25, 0.3) is 0 Å². The van der Waals surface area contributed by atoms with E-state index in [0.717, 1.165) is 21.2 Å². The van der Waals surface area contributed by atoms with Crippen LogP contribution in [0.5, 0.6) is 0 Å². The van der Waals surface area contributed by atoms with Crippen molar-refractivity contribution < 1.29 is 0 Å². The molecule has 1 aromatic carbocycles. The normalized spacial score (nSPS) is 10.3. The number of anilines is 1. The number of aryl methyl sites for hydroxylation is 1. The Bertz CT molecular complexity index is 438. The van der Waals surface area contributed by atoms with Crippen molar-refractivity contribution in [3.05, 3.63) is 39.3 Å². The van der Waals surface area contributed by atoms with Crippen molar-refractivity contribution in [1.29, 1.82) is 0 Å². The lowest BCUT2D eigenvalue weighted by molar-refractivity contribution is 1.02. The van der Waals surface area contributed by atoms with Crippen LogP contribution in [0.1, 0.15) is 10.6 Å². The van der Waals surface area contributed by atoms with Crippen LogP contribution in [0.2, 0.25) is 0 Å². The number of rotatable bonds is 3. The van der Waals surface area contributed by atoms with Crippen LogP contribution in [0.4, 0.5) is 5.13 Å². The van der Waals surface area contributed by atoms with Gasteiger partial charge in [0.2, 0.25) is 5.13 Å². The van der Waals surface area contributed by atoms with E-state index in [0.29, 0.717) is 0 Å². The molecular formula is C10H10BrN3S. The number of hydrogen-bond acceptors (Lipinski definition) is 4. The molecule has 0 aliphatic rings. The third kappa shape index (κ3) is 3.00. The molecule has 1 heterocycles. The molecule has 0 fully saturated rings. The van der Waals surface area contributed by atoms with E-state index in [-0.39, 0.29) is 0 Å². The van der Waals surface area contributed by atoms with Gasteiger partial charge in [0.05, 0.1) is 0 Å². The maximum Gasteiger partial charge on any atom is 0.205 e. The highest BCUT2D eigenvalue weighted by molar-refractivity contribution is 9.10. The van der Waals surface area contributed by atoms with Crippen LogP contribution in [-0.2, 0) is 6.54 Å². The zero-order chi connectivity index (χ0) is 10.7. The quantitative estimate of drug-likeness (QED) is 0.940. The van der Waals surface area contributed by atoms with E-state index in [4.69, 9.17) is 0 Å². The fourth-order valence-electron chi connectivity index (χ4n) is 1.15. The number of hydrogen-bond donors (Lipinski definition) is 1. The molecule has 0 unspecified atom stereocenters. The average molecular weight is 284 g/mol. The predicted octanol–water partition coefficient (Wildman–Crippen LogP) is 3.22. The van der Waals surface area contributed by atoms with Crippen LogP contribution in [0, 0.1) is 6.92 Å². The monoisotopic (exact) mass is 283 g/mol. The van der Waals surface area contributed by atoms with Gasteiger partial charge in [0.15, 0.2) is 0 Å². The van der Waals surface area contributed by atoms with Gasteiger partial charge < -0.3 is 5.32 Å². The van der Waals surface area contributed by atoms with E-state index in [2.05, 4.69) is 43.6 Å². The molecule has 0 saturated heterocycles. The molecule has 0 saturated carbocycles. The van der Waals surface area contributed by atoms with Crippen LogP contribution in [0.3, 0.4) is 0 Å². The van der Waals surface area contributed by atoms with Crippen LogP contribution in [0.15, 0.2) is 28.7 Å². The van der Waals surface area contributed by atoms with Gasteiger partial charge in [0, 0.05) is 11.0 Å². The fourth-order valence-corrected chi connectivity index (χ4v) is 2.00. The molecule has 15 heavy (non-hydrogen) atoms.